The lowest BCUT2D eigenvalue weighted by atomic mass is 9.98. The number of methoxy groups -OCH3 is 1. The summed E-state index contributed by atoms with van der Waals surface area (Å²) in [5, 5.41) is 2.91. The number of benzene rings is 2. The molecule has 0 spiro atoms. The third kappa shape index (κ3) is 4.48. The van der Waals surface area contributed by atoms with Crippen LogP contribution in [0.4, 0.5) is 0 Å². The van der Waals surface area contributed by atoms with Gasteiger partial charge in [0.05, 0.1) is 17.9 Å². The first kappa shape index (κ1) is 19.4. The second-order valence-electron chi connectivity index (χ2n) is 6.54. The number of para-hydroxylation sites is 1. The molecule has 1 heterocycles. The molecule has 1 amide bonds. The van der Waals surface area contributed by atoms with Crippen molar-refractivity contribution < 1.29 is 17.9 Å². The molecule has 1 fully saturated rings. The van der Waals surface area contributed by atoms with Gasteiger partial charge in [0, 0.05) is 25.2 Å². The second-order valence-corrected chi connectivity index (χ2v) is 8.48. The lowest BCUT2D eigenvalue weighted by Gasteiger charge is -2.31. The molecule has 0 saturated carbocycles. The van der Waals surface area contributed by atoms with Crippen LogP contribution in [0.2, 0.25) is 0 Å². The fraction of sp³-hybridized carbons (Fsp3) is 0.350. The lowest BCUT2D eigenvalue weighted by molar-refractivity contribution is -0.126. The van der Waals surface area contributed by atoms with Crippen LogP contribution in [0.25, 0.3) is 0 Å². The van der Waals surface area contributed by atoms with E-state index in [-0.39, 0.29) is 23.3 Å². The summed E-state index contributed by atoms with van der Waals surface area (Å²) in [5.74, 6) is 0.232. The van der Waals surface area contributed by atoms with Gasteiger partial charge in [0.25, 0.3) is 0 Å². The molecule has 0 unspecified atom stereocenters. The highest BCUT2D eigenvalue weighted by molar-refractivity contribution is 7.89. The Bertz CT molecular complexity index is 884. The van der Waals surface area contributed by atoms with Crippen molar-refractivity contribution in [2.45, 2.75) is 24.3 Å². The Hall–Kier alpha value is -2.38. The molecule has 0 aliphatic carbocycles. The summed E-state index contributed by atoms with van der Waals surface area (Å²) in [4.78, 5) is 12.9. The van der Waals surface area contributed by atoms with Crippen LogP contribution < -0.4 is 10.1 Å². The summed E-state index contributed by atoms with van der Waals surface area (Å²) in [6.45, 7) is 0.993. The number of piperidine rings is 1. The normalized spacial score (nSPS) is 18.0. The van der Waals surface area contributed by atoms with Crippen molar-refractivity contribution in [1.29, 1.82) is 0 Å². The van der Waals surface area contributed by atoms with Crippen LogP contribution in [0, 0.1) is 5.92 Å². The van der Waals surface area contributed by atoms with Crippen molar-refractivity contribution in [2.75, 3.05) is 20.2 Å². The molecule has 7 heteroatoms. The quantitative estimate of drug-likeness (QED) is 0.825. The fourth-order valence-electron chi connectivity index (χ4n) is 3.29. The predicted molar refractivity (Wildman–Crippen MR) is 103 cm³/mol. The molecule has 27 heavy (non-hydrogen) atoms. The topological polar surface area (TPSA) is 75.7 Å². The van der Waals surface area contributed by atoms with Gasteiger partial charge in [-0.2, -0.15) is 4.31 Å². The third-order valence-electron chi connectivity index (χ3n) is 4.78. The molecule has 6 nitrogen and oxygen atoms in total. The van der Waals surface area contributed by atoms with Gasteiger partial charge in [0.15, 0.2) is 0 Å². The molecule has 2 aromatic carbocycles. The first-order chi connectivity index (χ1) is 13.0. The summed E-state index contributed by atoms with van der Waals surface area (Å²) in [6, 6.07) is 15.9. The molecule has 1 N–H and O–H groups in total. The van der Waals surface area contributed by atoms with E-state index in [0.29, 0.717) is 25.9 Å². The van der Waals surface area contributed by atoms with Gasteiger partial charge >= 0.3 is 0 Å². The number of sulfonamides is 1. The van der Waals surface area contributed by atoms with Gasteiger partial charge in [0.1, 0.15) is 5.75 Å². The van der Waals surface area contributed by atoms with Crippen LogP contribution in [0.15, 0.2) is 59.5 Å². The number of rotatable bonds is 6. The Kier molecular flexibility index (Phi) is 6.13. The second kappa shape index (κ2) is 8.54. The maximum absolute atomic E-state index is 12.8. The van der Waals surface area contributed by atoms with Crippen molar-refractivity contribution in [1.82, 2.24) is 9.62 Å². The minimum absolute atomic E-state index is 0.131. The zero-order chi connectivity index (χ0) is 19.3. The Balaban J connectivity index is 1.65. The first-order valence-electron chi connectivity index (χ1n) is 8.97. The van der Waals surface area contributed by atoms with E-state index in [9.17, 15) is 13.2 Å². The molecule has 1 aliphatic heterocycles. The maximum atomic E-state index is 12.8. The number of amides is 1. The average Bonchev–Trinajstić information content (AvgIpc) is 2.73. The first-order valence-corrected chi connectivity index (χ1v) is 10.4. The zero-order valence-electron chi connectivity index (χ0n) is 15.3. The number of nitrogens with zero attached hydrogens (tertiary/aromatic N) is 1. The standard InChI is InChI=1S/C20H24N2O4S/c1-26-19-12-6-5-8-16(19)14-21-20(23)17-9-7-13-22(15-17)27(24,25)18-10-3-2-4-11-18/h2-6,8,10-12,17H,7,9,13-15H2,1H3,(H,21,23)/t17-/m0/s1. The molecule has 144 valence electrons. The van der Waals surface area contributed by atoms with Gasteiger partial charge in [-0.05, 0) is 31.0 Å². The molecule has 1 saturated heterocycles. The lowest BCUT2D eigenvalue weighted by Crippen LogP contribution is -2.45. The van der Waals surface area contributed by atoms with Crippen molar-refractivity contribution in [3.8, 4) is 5.75 Å². The van der Waals surface area contributed by atoms with Gasteiger partial charge in [0.2, 0.25) is 15.9 Å². The van der Waals surface area contributed by atoms with Crippen LogP contribution in [0.1, 0.15) is 18.4 Å². The van der Waals surface area contributed by atoms with Crippen LogP contribution in [-0.4, -0.2) is 38.8 Å². The van der Waals surface area contributed by atoms with Crippen LogP contribution >= 0.6 is 0 Å². The maximum Gasteiger partial charge on any atom is 0.243 e. The molecule has 0 aromatic heterocycles. The molecule has 1 aliphatic rings. The van der Waals surface area contributed by atoms with Crippen LogP contribution in [0.5, 0.6) is 5.75 Å². The van der Waals surface area contributed by atoms with Crippen molar-refractivity contribution >= 4 is 15.9 Å². The van der Waals surface area contributed by atoms with Crippen molar-refractivity contribution in [3.05, 3.63) is 60.2 Å². The van der Waals surface area contributed by atoms with Crippen LogP contribution in [-0.2, 0) is 21.4 Å². The molecular weight excluding hydrogens is 364 g/mol. The Morgan fingerprint density at radius 2 is 1.85 bits per heavy atom. The highest BCUT2D eigenvalue weighted by Gasteiger charge is 2.33. The summed E-state index contributed by atoms with van der Waals surface area (Å²) in [7, 11) is -1.98. The SMILES string of the molecule is COc1ccccc1CNC(=O)[C@H]1CCCN(S(=O)(=O)c2ccccc2)C1. The van der Waals surface area contributed by atoms with E-state index < -0.39 is 10.0 Å². The fourth-order valence-corrected chi connectivity index (χ4v) is 4.84. The number of ether oxygens (including phenoxy) is 1. The molecule has 0 bridgehead atoms. The van der Waals surface area contributed by atoms with Gasteiger partial charge in [-0.15, -0.1) is 0 Å². The van der Waals surface area contributed by atoms with Crippen molar-refractivity contribution in [3.63, 3.8) is 0 Å². The monoisotopic (exact) mass is 388 g/mol. The summed E-state index contributed by atoms with van der Waals surface area (Å²) in [6.07, 6.45) is 1.34. The van der Waals surface area contributed by atoms with Crippen LogP contribution in [0.3, 0.4) is 0 Å². The molecule has 1 atom stereocenters. The number of nitrogens with one attached hydrogen (secondary N) is 1. The van der Waals surface area contributed by atoms with E-state index in [0.717, 1.165) is 11.3 Å². The Labute approximate surface area is 160 Å². The van der Waals surface area contributed by atoms with Gasteiger partial charge in [-0.3, -0.25) is 4.79 Å². The van der Waals surface area contributed by atoms with E-state index in [1.807, 2.05) is 24.3 Å². The molecule has 0 radical (unpaired) electrons. The molecule has 2 aromatic rings. The smallest absolute Gasteiger partial charge is 0.243 e. The molecule has 3 rings (SSSR count). The highest BCUT2D eigenvalue weighted by Crippen LogP contribution is 2.24. The van der Waals surface area contributed by atoms with E-state index in [1.54, 1.807) is 37.4 Å². The minimum Gasteiger partial charge on any atom is -0.496 e. The Morgan fingerprint density at radius 1 is 1.15 bits per heavy atom. The highest BCUT2D eigenvalue weighted by atomic mass is 32.2. The number of carbonyl (C=O) groups is 1. The number of carbonyl (C=O) groups excluding carboxylic acids is 1. The largest absolute Gasteiger partial charge is 0.496 e. The van der Waals surface area contributed by atoms with E-state index in [4.69, 9.17) is 4.74 Å². The van der Waals surface area contributed by atoms with E-state index in [1.165, 1.54) is 4.31 Å². The minimum atomic E-state index is -3.57. The third-order valence-corrected chi connectivity index (χ3v) is 6.66. The van der Waals surface area contributed by atoms with Gasteiger partial charge in [-0.1, -0.05) is 36.4 Å². The summed E-state index contributed by atoms with van der Waals surface area (Å²) < 4.78 is 32.3. The van der Waals surface area contributed by atoms with E-state index >= 15 is 0 Å². The average molecular weight is 388 g/mol. The Morgan fingerprint density at radius 3 is 2.59 bits per heavy atom. The van der Waals surface area contributed by atoms with Gasteiger partial charge < -0.3 is 10.1 Å². The predicted octanol–water partition coefficient (Wildman–Crippen LogP) is 2.41. The van der Waals surface area contributed by atoms with E-state index in [2.05, 4.69) is 5.32 Å². The van der Waals surface area contributed by atoms with Gasteiger partial charge in [-0.25, -0.2) is 8.42 Å². The summed E-state index contributed by atoms with van der Waals surface area (Å²) in [5.41, 5.74) is 0.887. The number of hydrogen-bond acceptors (Lipinski definition) is 4. The zero-order valence-corrected chi connectivity index (χ0v) is 16.1. The molecular formula is C20H24N2O4S. The summed E-state index contributed by atoms with van der Waals surface area (Å²) >= 11 is 0. The van der Waals surface area contributed by atoms with Crippen molar-refractivity contribution in [2.24, 2.45) is 5.92 Å². The number of hydrogen-bond donors (Lipinski definition) is 1.